The Labute approximate surface area is 260 Å². The molecule has 6 nitrogen and oxygen atoms in total. The number of fused-ring (bicyclic) bond motifs is 3. The molecule has 5 aromatic rings. The summed E-state index contributed by atoms with van der Waals surface area (Å²) in [5, 5.41) is 0. The van der Waals surface area contributed by atoms with Crippen molar-refractivity contribution in [1.29, 1.82) is 0 Å². The van der Waals surface area contributed by atoms with Crippen LogP contribution in [0.1, 0.15) is 45.1 Å². The third kappa shape index (κ3) is 5.17. The Morgan fingerprint density at radius 3 is 2.40 bits per heavy atom. The Morgan fingerprint density at radius 1 is 0.930 bits per heavy atom. The summed E-state index contributed by atoms with van der Waals surface area (Å²) in [7, 11) is 1.57. The number of nitrogens with zero attached hydrogens (tertiary/aromatic N) is 2. The van der Waals surface area contributed by atoms with Gasteiger partial charge in [0, 0.05) is 10.0 Å². The lowest BCUT2D eigenvalue weighted by atomic mass is 9.83. The molecular weight excluding hydrogens is 624 g/mol. The van der Waals surface area contributed by atoms with Crippen LogP contribution in [0.2, 0.25) is 0 Å². The van der Waals surface area contributed by atoms with Crippen molar-refractivity contribution in [3.05, 3.63) is 155 Å². The molecule has 212 valence electrons. The molecule has 0 N–H and O–H groups in total. The molecule has 0 saturated heterocycles. The zero-order valence-electron chi connectivity index (χ0n) is 23.1. The SMILES string of the molecule is COc1ccc(C(=O)Oc2ccc(/C=c3\sc4n(c3=O)[C@@H](c3ccc(Br)cc3)C3=C(N=4)c4ccccc4CC3)cc2)cc1. The maximum Gasteiger partial charge on any atom is 0.343 e. The summed E-state index contributed by atoms with van der Waals surface area (Å²) in [4.78, 5) is 32.3. The Kier molecular flexibility index (Phi) is 7.16. The maximum atomic E-state index is 14.0. The molecule has 0 bridgehead atoms. The van der Waals surface area contributed by atoms with E-state index in [-0.39, 0.29) is 11.6 Å². The van der Waals surface area contributed by atoms with Crippen LogP contribution in [-0.2, 0) is 6.42 Å². The second-order valence-electron chi connectivity index (χ2n) is 10.4. The topological polar surface area (TPSA) is 69.9 Å². The van der Waals surface area contributed by atoms with Crippen LogP contribution < -0.4 is 24.4 Å². The van der Waals surface area contributed by atoms with Crippen molar-refractivity contribution in [2.24, 2.45) is 4.99 Å². The number of methoxy groups -OCH3 is 1. The van der Waals surface area contributed by atoms with E-state index in [1.165, 1.54) is 22.5 Å². The van der Waals surface area contributed by atoms with E-state index in [0.717, 1.165) is 39.7 Å². The molecule has 1 aliphatic carbocycles. The molecule has 1 atom stereocenters. The lowest BCUT2D eigenvalue weighted by Gasteiger charge is -2.30. The van der Waals surface area contributed by atoms with Gasteiger partial charge in [-0.15, -0.1) is 0 Å². The molecule has 2 heterocycles. The standard InChI is InChI=1S/C35H25BrN2O4S/c1-41-26-17-10-24(11-18-26)34(40)42-27-15-6-21(7-16-27)20-30-33(39)38-32(23-8-13-25(36)14-9-23)29-19-12-22-4-2-3-5-28(22)31(29)37-35(38)43-30/h2-11,13-18,20,32H,12,19H2,1H3/b30-20-/t32-/m0/s1. The third-order valence-corrected chi connectivity index (χ3v) is 9.28. The molecule has 8 heteroatoms. The van der Waals surface area contributed by atoms with Gasteiger partial charge in [0.15, 0.2) is 4.80 Å². The molecule has 7 rings (SSSR count). The van der Waals surface area contributed by atoms with Gasteiger partial charge in [-0.05, 0) is 89.7 Å². The number of benzene rings is 4. The number of rotatable bonds is 5. The highest BCUT2D eigenvalue weighted by molar-refractivity contribution is 9.10. The van der Waals surface area contributed by atoms with Crippen LogP contribution in [-0.4, -0.2) is 17.6 Å². The Hall–Kier alpha value is -4.53. The number of halogens is 1. The Morgan fingerprint density at radius 2 is 1.65 bits per heavy atom. The fourth-order valence-corrected chi connectivity index (χ4v) is 6.91. The number of aryl methyl sites for hydroxylation is 1. The largest absolute Gasteiger partial charge is 0.497 e. The van der Waals surface area contributed by atoms with Gasteiger partial charge in [0.05, 0.1) is 28.9 Å². The van der Waals surface area contributed by atoms with E-state index in [1.807, 2.05) is 41.0 Å². The average Bonchev–Trinajstić information content (AvgIpc) is 3.35. The van der Waals surface area contributed by atoms with Gasteiger partial charge < -0.3 is 9.47 Å². The van der Waals surface area contributed by atoms with Crippen molar-refractivity contribution in [1.82, 2.24) is 4.57 Å². The second-order valence-corrected chi connectivity index (χ2v) is 12.3. The molecule has 0 radical (unpaired) electrons. The lowest BCUT2D eigenvalue weighted by Crippen LogP contribution is -2.38. The van der Waals surface area contributed by atoms with Crippen molar-refractivity contribution in [2.45, 2.75) is 18.9 Å². The number of hydrogen-bond donors (Lipinski definition) is 0. The van der Waals surface area contributed by atoms with Gasteiger partial charge in [0.2, 0.25) is 0 Å². The van der Waals surface area contributed by atoms with Crippen LogP contribution in [0.3, 0.4) is 0 Å². The first-order valence-electron chi connectivity index (χ1n) is 13.8. The molecule has 0 spiro atoms. The first-order chi connectivity index (χ1) is 21.0. The minimum atomic E-state index is -0.456. The Bertz CT molecular complexity index is 2080. The highest BCUT2D eigenvalue weighted by Crippen LogP contribution is 2.41. The highest BCUT2D eigenvalue weighted by Gasteiger charge is 2.32. The second kappa shape index (κ2) is 11.3. The zero-order chi connectivity index (χ0) is 29.5. The van der Waals surface area contributed by atoms with Crippen LogP contribution in [0.15, 0.2) is 117 Å². The number of carbonyl (C=O) groups excluding carboxylic acids is 1. The third-order valence-electron chi connectivity index (χ3n) is 7.77. The summed E-state index contributed by atoms with van der Waals surface area (Å²) in [5.41, 5.74) is 6.81. The van der Waals surface area contributed by atoms with Crippen LogP contribution in [0.25, 0.3) is 11.8 Å². The van der Waals surface area contributed by atoms with Gasteiger partial charge in [-0.1, -0.05) is 75.8 Å². The van der Waals surface area contributed by atoms with Gasteiger partial charge in [0.25, 0.3) is 5.56 Å². The minimum absolute atomic E-state index is 0.0721. The number of thiazole rings is 1. The lowest BCUT2D eigenvalue weighted by molar-refractivity contribution is 0.0734. The molecule has 4 aromatic carbocycles. The van der Waals surface area contributed by atoms with E-state index in [1.54, 1.807) is 43.5 Å². The molecule has 1 aliphatic heterocycles. The minimum Gasteiger partial charge on any atom is -0.497 e. The van der Waals surface area contributed by atoms with E-state index in [9.17, 15) is 9.59 Å². The van der Waals surface area contributed by atoms with Crippen molar-refractivity contribution in [2.75, 3.05) is 7.11 Å². The van der Waals surface area contributed by atoms with Crippen LogP contribution in [0.4, 0.5) is 0 Å². The summed E-state index contributed by atoms with van der Waals surface area (Å²) in [6.45, 7) is 0. The van der Waals surface area contributed by atoms with Gasteiger partial charge in [-0.2, -0.15) is 0 Å². The maximum absolute atomic E-state index is 14.0. The molecule has 43 heavy (non-hydrogen) atoms. The fourth-order valence-electron chi connectivity index (χ4n) is 5.64. The van der Waals surface area contributed by atoms with Gasteiger partial charge in [-0.25, -0.2) is 9.79 Å². The smallest absolute Gasteiger partial charge is 0.343 e. The predicted octanol–water partition coefficient (Wildman–Crippen LogP) is 6.31. The van der Waals surface area contributed by atoms with Crippen LogP contribution in [0.5, 0.6) is 11.5 Å². The molecule has 0 fully saturated rings. The van der Waals surface area contributed by atoms with Crippen molar-refractivity contribution >= 4 is 45.0 Å². The quantitative estimate of drug-likeness (QED) is 0.165. The van der Waals surface area contributed by atoms with E-state index < -0.39 is 5.97 Å². The molecular formula is C35H25BrN2O4S. The number of ether oxygens (including phenoxy) is 2. The Balaban J connectivity index is 1.25. The number of allylic oxidation sites excluding steroid dienone is 1. The molecule has 0 saturated carbocycles. The molecule has 1 aromatic heterocycles. The van der Waals surface area contributed by atoms with E-state index in [0.29, 0.717) is 26.4 Å². The monoisotopic (exact) mass is 648 g/mol. The average molecular weight is 650 g/mol. The highest BCUT2D eigenvalue weighted by atomic mass is 79.9. The summed E-state index contributed by atoms with van der Waals surface area (Å²) < 4.78 is 14.1. The van der Waals surface area contributed by atoms with E-state index in [4.69, 9.17) is 14.5 Å². The summed E-state index contributed by atoms with van der Waals surface area (Å²) >= 11 is 4.94. The van der Waals surface area contributed by atoms with Gasteiger partial charge in [-0.3, -0.25) is 9.36 Å². The predicted molar refractivity (Wildman–Crippen MR) is 171 cm³/mol. The van der Waals surface area contributed by atoms with Crippen LogP contribution in [0, 0.1) is 0 Å². The molecule has 0 unspecified atom stereocenters. The zero-order valence-corrected chi connectivity index (χ0v) is 25.5. The number of aromatic nitrogens is 1. The number of esters is 1. The number of carbonyl (C=O) groups is 1. The van der Waals surface area contributed by atoms with Crippen molar-refractivity contribution in [3.63, 3.8) is 0 Å². The van der Waals surface area contributed by atoms with Crippen LogP contribution >= 0.6 is 27.3 Å². The molecule has 2 aliphatic rings. The van der Waals surface area contributed by atoms with Crippen molar-refractivity contribution < 1.29 is 14.3 Å². The summed E-state index contributed by atoms with van der Waals surface area (Å²) in [5.74, 6) is 0.627. The summed E-state index contributed by atoms with van der Waals surface area (Å²) in [6, 6.07) is 30.2. The number of hydrogen-bond acceptors (Lipinski definition) is 6. The van der Waals surface area contributed by atoms with E-state index in [2.05, 4.69) is 46.3 Å². The first-order valence-corrected chi connectivity index (χ1v) is 15.4. The van der Waals surface area contributed by atoms with Gasteiger partial charge >= 0.3 is 5.97 Å². The summed E-state index contributed by atoms with van der Waals surface area (Å²) in [6.07, 6.45) is 3.63. The van der Waals surface area contributed by atoms with Gasteiger partial charge in [0.1, 0.15) is 11.5 Å². The van der Waals surface area contributed by atoms with Crippen molar-refractivity contribution in [3.8, 4) is 11.5 Å². The van der Waals surface area contributed by atoms with E-state index >= 15 is 0 Å². The fraction of sp³-hybridized carbons (Fsp3) is 0.114. The molecule has 0 amide bonds. The first kappa shape index (κ1) is 27.3. The normalized spacial score (nSPS) is 15.7.